The minimum absolute atomic E-state index is 0.377. The lowest BCUT2D eigenvalue weighted by molar-refractivity contribution is 0.168. The second-order valence-electron chi connectivity index (χ2n) is 4.53. The van der Waals surface area contributed by atoms with Gasteiger partial charge in [-0.15, -0.1) is 0 Å². The molecule has 0 aliphatic rings. The van der Waals surface area contributed by atoms with Crippen molar-refractivity contribution in [3.8, 4) is 0 Å². The van der Waals surface area contributed by atoms with Crippen LogP contribution in [0.3, 0.4) is 0 Å². The summed E-state index contributed by atoms with van der Waals surface area (Å²) in [5.74, 6) is 0.881. The third-order valence-electron chi connectivity index (χ3n) is 2.65. The molecule has 1 aromatic heterocycles. The van der Waals surface area contributed by atoms with Crippen LogP contribution in [0.25, 0.3) is 0 Å². The van der Waals surface area contributed by atoms with Crippen molar-refractivity contribution < 1.29 is 4.84 Å². The average Bonchev–Trinajstić information content (AvgIpc) is 2.36. The standard InChI is InChI=1S/C13H23N3OS/c1-5-7-8-11-9-14-13(16(18)17-6-2)15-12(11)10(3)4/h9-10,18H,5-8H2,1-4H3. The van der Waals surface area contributed by atoms with Gasteiger partial charge in [0.1, 0.15) is 0 Å². The fraction of sp³-hybridized carbons (Fsp3) is 0.692. The van der Waals surface area contributed by atoms with E-state index in [0.717, 1.165) is 12.1 Å². The van der Waals surface area contributed by atoms with Crippen molar-refractivity contribution in [1.82, 2.24) is 9.97 Å². The van der Waals surface area contributed by atoms with Gasteiger partial charge in [-0.1, -0.05) is 27.2 Å². The molecule has 0 saturated carbocycles. The number of hydrogen-bond acceptors (Lipinski definition) is 5. The Hall–Kier alpha value is -0.810. The number of aromatic nitrogens is 2. The van der Waals surface area contributed by atoms with Crippen molar-refractivity contribution in [3.05, 3.63) is 17.5 Å². The predicted octanol–water partition coefficient (Wildman–Crippen LogP) is 3.55. The zero-order chi connectivity index (χ0) is 13.5. The molecule has 1 rings (SSSR count). The van der Waals surface area contributed by atoms with E-state index in [9.17, 15) is 0 Å². The first-order valence-corrected chi connectivity index (χ1v) is 6.97. The normalized spacial score (nSPS) is 11.0. The maximum atomic E-state index is 5.26. The largest absolute Gasteiger partial charge is 0.260 e. The van der Waals surface area contributed by atoms with E-state index < -0.39 is 0 Å². The highest BCUT2D eigenvalue weighted by molar-refractivity contribution is 7.81. The van der Waals surface area contributed by atoms with Crippen LogP contribution in [0.4, 0.5) is 5.95 Å². The Kier molecular flexibility index (Phi) is 6.43. The van der Waals surface area contributed by atoms with Crippen LogP contribution < -0.4 is 4.47 Å². The van der Waals surface area contributed by atoms with E-state index in [1.165, 1.54) is 22.9 Å². The van der Waals surface area contributed by atoms with Crippen molar-refractivity contribution in [3.63, 3.8) is 0 Å². The molecular formula is C13H23N3OS. The van der Waals surface area contributed by atoms with Gasteiger partial charge in [-0.3, -0.25) is 4.84 Å². The van der Waals surface area contributed by atoms with Crippen LogP contribution in [-0.4, -0.2) is 16.6 Å². The summed E-state index contributed by atoms with van der Waals surface area (Å²) >= 11 is 4.21. The van der Waals surface area contributed by atoms with E-state index in [0.29, 0.717) is 18.5 Å². The van der Waals surface area contributed by atoms with Crippen molar-refractivity contribution in [2.24, 2.45) is 0 Å². The average molecular weight is 269 g/mol. The molecule has 0 radical (unpaired) electrons. The van der Waals surface area contributed by atoms with Crippen molar-refractivity contribution in [2.45, 2.75) is 52.9 Å². The lowest BCUT2D eigenvalue weighted by Gasteiger charge is -2.17. The van der Waals surface area contributed by atoms with Crippen molar-refractivity contribution in [2.75, 3.05) is 11.1 Å². The molecule has 0 unspecified atom stereocenters. The summed E-state index contributed by atoms with van der Waals surface area (Å²) in [7, 11) is 0. The van der Waals surface area contributed by atoms with Gasteiger partial charge in [0.05, 0.1) is 12.3 Å². The molecule has 0 aliphatic heterocycles. The Morgan fingerprint density at radius 1 is 1.39 bits per heavy atom. The molecule has 0 spiro atoms. The monoisotopic (exact) mass is 269 g/mol. The number of thiol groups is 1. The number of aryl methyl sites for hydroxylation is 1. The highest BCUT2D eigenvalue weighted by atomic mass is 32.1. The number of rotatable bonds is 7. The van der Waals surface area contributed by atoms with Crippen LogP contribution in [0.1, 0.15) is 57.7 Å². The summed E-state index contributed by atoms with van der Waals surface area (Å²) in [4.78, 5) is 14.1. The van der Waals surface area contributed by atoms with E-state index in [-0.39, 0.29) is 0 Å². The Labute approximate surface area is 115 Å². The summed E-state index contributed by atoms with van der Waals surface area (Å²) in [6.45, 7) is 8.93. The van der Waals surface area contributed by atoms with Crippen molar-refractivity contribution >= 4 is 18.8 Å². The fourth-order valence-electron chi connectivity index (χ4n) is 1.74. The van der Waals surface area contributed by atoms with E-state index in [4.69, 9.17) is 4.84 Å². The Morgan fingerprint density at radius 2 is 2.11 bits per heavy atom. The molecule has 0 amide bonds. The topological polar surface area (TPSA) is 38.2 Å². The molecule has 1 aromatic rings. The lowest BCUT2D eigenvalue weighted by Crippen LogP contribution is -2.16. The van der Waals surface area contributed by atoms with Crippen LogP contribution in [0.15, 0.2) is 6.20 Å². The zero-order valence-electron chi connectivity index (χ0n) is 11.7. The van der Waals surface area contributed by atoms with Crippen LogP contribution in [0.2, 0.25) is 0 Å². The predicted molar refractivity (Wildman–Crippen MR) is 77.8 cm³/mol. The molecule has 0 aliphatic carbocycles. The maximum absolute atomic E-state index is 5.26. The second-order valence-corrected chi connectivity index (χ2v) is 4.89. The first-order chi connectivity index (χ1) is 8.60. The molecular weight excluding hydrogens is 246 g/mol. The second kappa shape index (κ2) is 7.59. The first-order valence-electron chi connectivity index (χ1n) is 6.57. The summed E-state index contributed by atoms with van der Waals surface area (Å²) < 4.78 is 1.33. The van der Waals surface area contributed by atoms with E-state index in [1.807, 2.05) is 13.1 Å². The molecule has 18 heavy (non-hydrogen) atoms. The minimum atomic E-state index is 0.377. The van der Waals surface area contributed by atoms with Gasteiger partial charge in [0.25, 0.3) is 5.95 Å². The number of anilines is 1. The van der Waals surface area contributed by atoms with Crippen molar-refractivity contribution in [1.29, 1.82) is 0 Å². The summed E-state index contributed by atoms with van der Waals surface area (Å²) in [6.07, 6.45) is 5.27. The van der Waals surface area contributed by atoms with E-state index >= 15 is 0 Å². The van der Waals surface area contributed by atoms with Gasteiger partial charge in [-0.05, 0) is 44.1 Å². The van der Waals surface area contributed by atoms with Crippen LogP contribution >= 0.6 is 12.8 Å². The molecule has 5 heteroatoms. The Bertz CT molecular complexity index is 371. The Morgan fingerprint density at radius 3 is 2.67 bits per heavy atom. The SMILES string of the molecule is CCCCc1cnc(N(S)OCC)nc1C(C)C. The minimum Gasteiger partial charge on any atom is -0.260 e. The lowest BCUT2D eigenvalue weighted by atomic mass is 10.0. The highest BCUT2D eigenvalue weighted by Gasteiger charge is 2.13. The van der Waals surface area contributed by atoms with Crippen LogP contribution in [0, 0.1) is 0 Å². The molecule has 102 valence electrons. The highest BCUT2D eigenvalue weighted by Crippen LogP contribution is 2.22. The quantitative estimate of drug-likeness (QED) is 0.607. The zero-order valence-corrected chi connectivity index (χ0v) is 12.6. The molecule has 0 bridgehead atoms. The van der Waals surface area contributed by atoms with Gasteiger partial charge in [0, 0.05) is 6.20 Å². The van der Waals surface area contributed by atoms with E-state index in [2.05, 4.69) is 43.6 Å². The number of unbranched alkanes of at least 4 members (excludes halogenated alkanes) is 1. The van der Waals surface area contributed by atoms with Gasteiger partial charge in [0.15, 0.2) is 0 Å². The Balaban J connectivity index is 2.95. The van der Waals surface area contributed by atoms with Gasteiger partial charge in [0.2, 0.25) is 0 Å². The third kappa shape index (κ3) is 4.14. The summed E-state index contributed by atoms with van der Waals surface area (Å²) in [5.41, 5.74) is 2.32. The summed E-state index contributed by atoms with van der Waals surface area (Å²) in [5, 5.41) is 0. The molecule has 1 heterocycles. The number of nitrogens with zero attached hydrogens (tertiary/aromatic N) is 3. The van der Waals surface area contributed by atoms with Gasteiger partial charge in [-0.25, -0.2) is 9.97 Å². The number of hydrogen-bond donors (Lipinski definition) is 1. The molecule has 0 aromatic carbocycles. The summed E-state index contributed by atoms with van der Waals surface area (Å²) in [6, 6.07) is 0. The molecule has 0 saturated heterocycles. The van der Waals surface area contributed by atoms with E-state index in [1.54, 1.807) is 0 Å². The molecule has 4 nitrogen and oxygen atoms in total. The van der Waals surface area contributed by atoms with Crippen LogP contribution in [0.5, 0.6) is 0 Å². The smallest absolute Gasteiger partial charge is 0.260 e. The molecule has 0 fully saturated rings. The first kappa shape index (κ1) is 15.2. The molecule has 0 N–H and O–H groups in total. The van der Waals surface area contributed by atoms with Gasteiger partial charge in [-0.2, -0.15) is 4.47 Å². The van der Waals surface area contributed by atoms with Crippen LogP contribution in [-0.2, 0) is 11.3 Å². The maximum Gasteiger partial charge on any atom is 0.260 e. The van der Waals surface area contributed by atoms with Gasteiger partial charge >= 0.3 is 0 Å². The third-order valence-corrected chi connectivity index (χ3v) is 2.95. The fourth-order valence-corrected chi connectivity index (χ4v) is 1.95. The molecule has 0 atom stereocenters. The van der Waals surface area contributed by atoms with Gasteiger partial charge < -0.3 is 0 Å².